The van der Waals surface area contributed by atoms with Crippen molar-refractivity contribution in [1.82, 2.24) is 4.72 Å². The summed E-state index contributed by atoms with van der Waals surface area (Å²) in [4.78, 5) is 11.3. The molecule has 1 atom stereocenters. The van der Waals surface area contributed by atoms with Gasteiger partial charge in [0.1, 0.15) is 0 Å². The SMILES string of the molecule is CC(O)CCNS(=O)(=O)c1ccc(C2(C(=O)O)CC2)cc1. The molecule has 0 bridgehead atoms. The van der Waals surface area contributed by atoms with E-state index in [2.05, 4.69) is 4.72 Å². The van der Waals surface area contributed by atoms with Crippen molar-refractivity contribution in [2.75, 3.05) is 6.54 Å². The van der Waals surface area contributed by atoms with Crippen molar-refractivity contribution in [2.45, 2.75) is 42.6 Å². The fourth-order valence-electron chi connectivity index (χ4n) is 2.19. The van der Waals surface area contributed by atoms with Crippen LogP contribution in [0.5, 0.6) is 0 Å². The molecular formula is C14H19NO5S. The van der Waals surface area contributed by atoms with Crippen molar-refractivity contribution in [3.8, 4) is 0 Å². The average molecular weight is 313 g/mol. The Morgan fingerprint density at radius 3 is 2.33 bits per heavy atom. The minimum Gasteiger partial charge on any atom is -0.481 e. The molecular weight excluding hydrogens is 294 g/mol. The first kappa shape index (κ1) is 15.9. The van der Waals surface area contributed by atoms with E-state index in [4.69, 9.17) is 5.11 Å². The average Bonchev–Trinajstić information content (AvgIpc) is 3.19. The van der Waals surface area contributed by atoms with Gasteiger partial charge in [-0.2, -0.15) is 0 Å². The Bertz CT molecular complexity index is 617. The summed E-state index contributed by atoms with van der Waals surface area (Å²) < 4.78 is 26.4. The molecule has 1 aliphatic rings. The van der Waals surface area contributed by atoms with Crippen LogP contribution in [0.3, 0.4) is 0 Å². The van der Waals surface area contributed by atoms with E-state index < -0.39 is 27.5 Å². The van der Waals surface area contributed by atoms with Gasteiger partial charge in [0, 0.05) is 6.54 Å². The van der Waals surface area contributed by atoms with Crippen LogP contribution < -0.4 is 4.72 Å². The third kappa shape index (κ3) is 3.42. The second-order valence-corrected chi connectivity index (χ2v) is 7.21. The molecule has 1 saturated carbocycles. The second-order valence-electron chi connectivity index (χ2n) is 5.45. The molecule has 1 fully saturated rings. The van der Waals surface area contributed by atoms with E-state index in [0.717, 1.165) is 0 Å². The number of benzene rings is 1. The summed E-state index contributed by atoms with van der Waals surface area (Å²) in [5, 5.41) is 18.3. The predicted molar refractivity (Wildman–Crippen MR) is 76.5 cm³/mol. The number of aliphatic hydroxyl groups excluding tert-OH is 1. The zero-order chi connectivity index (χ0) is 15.7. The van der Waals surface area contributed by atoms with Gasteiger partial charge in [-0.05, 0) is 43.9 Å². The van der Waals surface area contributed by atoms with Crippen molar-refractivity contribution in [2.24, 2.45) is 0 Å². The van der Waals surface area contributed by atoms with Crippen LogP contribution in [0, 0.1) is 0 Å². The van der Waals surface area contributed by atoms with Gasteiger partial charge < -0.3 is 10.2 Å². The van der Waals surface area contributed by atoms with Crippen LogP contribution in [0.15, 0.2) is 29.2 Å². The third-order valence-corrected chi connectivity index (χ3v) is 5.21. The molecule has 0 spiro atoms. The molecule has 3 N–H and O–H groups in total. The number of aliphatic carboxylic acids is 1. The Morgan fingerprint density at radius 1 is 1.33 bits per heavy atom. The lowest BCUT2D eigenvalue weighted by Crippen LogP contribution is -2.27. The predicted octanol–water partition coefficient (Wildman–Crippen LogP) is 0.852. The Labute approximate surface area is 123 Å². The van der Waals surface area contributed by atoms with Gasteiger partial charge >= 0.3 is 5.97 Å². The molecule has 1 aromatic carbocycles. The third-order valence-electron chi connectivity index (χ3n) is 3.73. The molecule has 0 aromatic heterocycles. The fourth-order valence-corrected chi connectivity index (χ4v) is 3.24. The number of carbonyl (C=O) groups is 1. The molecule has 116 valence electrons. The second kappa shape index (κ2) is 5.75. The van der Waals surface area contributed by atoms with E-state index in [1.54, 1.807) is 19.1 Å². The minimum absolute atomic E-state index is 0.0954. The van der Waals surface area contributed by atoms with E-state index >= 15 is 0 Å². The Kier molecular flexibility index (Phi) is 4.36. The lowest BCUT2D eigenvalue weighted by atomic mass is 9.96. The summed E-state index contributed by atoms with van der Waals surface area (Å²) in [6, 6.07) is 5.96. The van der Waals surface area contributed by atoms with Crippen LogP contribution in [0.1, 0.15) is 31.7 Å². The fraction of sp³-hybridized carbons (Fsp3) is 0.500. The summed E-state index contributed by atoms with van der Waals surface area (Å²) >= 11 is 0. The maximum atomic E-state index is 12.0. The zero-order valence-electron chi connectivity index (χ0n) is 11.7. The van der Waals surface area contributed by atoms with E-state index in [-0.39, 0.29) is 11.4 Å². The van der Waals surface area contributed by atoms with Gasteiger partial charge in [0.25, 0.3) is 0 Å². The number of nitrogens with one attached hydrogen (secondary N) is 1. The minimum atomic E-state index is -3.63. The van der Waals surface area contributed by atoms with Gasteiger partial charge in [-0.3, -0.25) is 4.79 Å². The highest BCUT2D eigenvalue weighted by Gasteiger charge is 2.51. The van der Waals surface area contributed by atoms with Crippen molar-refractivity contribution in [1.29, 1.82) is 0 Å². The lowest BCUT2D eigenvalue weighted by molar-refractivity contribution is -0.140. The lowest BCUT2D eigenvalue weighted by Gasteiger charge is -2.12. The van der Waals surface area contributed by atoms with Crippen LogP contribution in [0.25, 0.3) is 0 Å². The van der Waals surface area contributed by atoms with Crippen LogP contribution in [0.2, 0.25) is 0 Å². The molecule has 0 saturated heterocycles. The highest BCUT2D eigenvalue weighted by atomic mass is 32.2. The monoisotopic (exact) mass is 313 g/mol. The number of rotatable bonds is 7. The Morgan fingerprint density at radius 2 is 1.90 bits per heavy atom. The molecule has 2 rings (SSSR count). The summed E-state index contributed by atoms with van der Waals surface area (Å²) in [5.41, 5.74) is -0.194. The van der Waals surface area contributed by atoms with Crippen LogP contribution in [-0.2, 0) is 20.2 Å². The number of aliphatic hydroxyl groups is 1. The van der Waals surface area contributed by atoms with Crippen LogP contribution in [-0.4, -0.2) is 37.2 Å². The van der Waals surface area contributed by atoms with E-state index in [1.807, 2.05) is 0 Å². The molecule has 0 aliphatic heterocycles. The van der Waals surface area contributed by atoms with Crippen LogP contribution in [0.4, 0.5) is 0 Å². The van der Waals surface area contributed by atoms with Gasteiger partial charge in [-0.1, -0.05) is 12.1 Å². The Hall–Kier alpha value is -1.44. The highest BCUT2D eigenvalue weighted by molar-refractivity contribution is 7.89. The molecule has 1 aliphatic carbocycles. The maximum absolute atomic E-state index is 12.0. The molecule has 21 heavy (non-hydrogen) atoms. The quantitative estimate of drug-likeness (QED) is 0.692. The maximum Gasteiger partial charge on any atom is 0.314 e. The van der Waals surface area contributed by atoms with Crippen LogP contribution >= 0.6 is 0 Å². The smallest absolute Gasteiger partial charge is 0.314 e. The van der Waals surface area contributed by atoms with Gasteiger partial charge in [0.15, 0.2) is 0 Å². The molecule has 0 amide bonds. The van der Waals surface area contributed by atoms with Gasteiger partial charge in [0.05, 0.1) is 16.4 Å². The number of hydrogen-bond acceptors (Lipinski definition) is 4. The molecule has 7 heteroatoms. The molecule has 0 radical (unpaired) electrons. The first-order valence-electron chi connectivity index (χ1n) is 6.80. The molecule has 6 nitrogen and oxygen atoms in total. The van der Waals surface area contributed by atoms with Gasteiger partial charge in [-0.25, -0.2) is 13.1 Å². The van der Waals surface area contributed by atoms with Gasteiger partial charge in [0.2, 0.25) is 10.0 Å². The van der Waals surface area contributed by atoms with Crippen molar-refractivity contribution in [3.63, 3.8) is 0 Å². The Balaban J connectivity index is 2.10. The number of hydrogen-bond donors (Lipinski definition) is 3. The van der Waals surface area contributed by atoms with E-state index in [0.29, 0.717) is 24.8 Å². The standard InChI is InChI=1S/C14H19NO5S/c1-10(16)6-9-15-21(19,20)12-4-2-11(3-5-12)14(7-8-14)13(17)18/h2-5,10,15-16H,6-9H2,1H3,(H,17,18). The van der Waals surface area contributed by atoms with Crippen molar-refractivity contribution >= 4 is 16.0 Å². The van der Waals surface area contributed by atoms with E-state index in [9.17, 15) is 18.3 Å². The molecule has 1 aromatic rings. The first-order chi connectivity index (χ1) is 9.78. The first-order valence-corrected chi connectivity index (χ1v) is 8.28. The normalized spacial score (nSPS) is 18.2. The van der Waals surface area contributed by atoms with Gasteiger partial charge in [-0.15, -0.1) is 0 Å². The summed E-state index contributed by atoms with van der Waals surface area (Å²) in [6.45, 7) is 1.74. The number of carboxylic acid groups (broad SMARTS) is 1. The largest absolute Gasteiger partial charge is 0.481 e. The number of sulfonamides is 1. The highest BCUT2D eigenvalue weighted by Crippen LogP contribution is 2.48. The summed E-state index contributed by atoms with van der Waals surface area (Å²) in [5.74, 6) is -0.867. The summed E-state index contributed by atoms with van der Waals surface area (Å²) in [7, 11) is -3.63. The topological polar surface area (TPSA) is 104 Å². The molecule has 0 heterocycles. The van der Waals surface area contributed by atoms with E-state index in [1.165, 1.54) is 12.1 Å². The zero-order valence-corrected chi connectivity index (χ0v) is 12.6. The summed E-state index contributed by atoms with van der Waals surface area (Å²) in [6.07, 6.45) is 0.932. The number of carboxylic acids is 1. The van der Waals surface area contributed by atoms with Crippen molar-refractivity contribution < 1.29 is 23.4 Å². The molecule has 1 unspecified atom stereocenters. The van der Waals surface area contributed by atoms with Crippen molar-refractivity contribution in [3.05, 3.63) is 29.8 Å².